The summed E-state index contributed by atoms with van der Waals surface area (Å²) in [6, 6.07) is 12.3. The highest BCUT2D eigenvalue weighted by Crippen LogP contribution is 2.23. The van der Waals surface area contributed by atoms with E-state index in [9.17, 15) is 18.0 Å². The molecule has 0 saturated carbocycles. The third kappa shape index (κ3) is 4.26. The van der Waals surface area contributed by atoms with Gasteiger partial charge in [0.25, 0.3) is 0 Å². The Morgan fingerprint density at radius 1 is 1.06 bits per heavy atom. The molecule has 2 aromatic carbocycles. The molecule has 0 bridgehead atoms. The third-order valence-electron chi connectivity index (χ3n) is 5.64. The topological polar surface area (TPSA) is 92.8 Å². The van der Waals surface area contributed by atoms with E-state index in [1.54, 1.807) is 17.0 Å². The van der Waals surface area contributed by atoms with Gasteiger partial charge in [-0.15, -0.1) is 0 Å². The third-order valence-corrected chi connectivity index (χ3v) is 7.53. The first-order valence-electron chi connectivity index (χ1n) is 10.5. The summed E-state index contributed by atoms with van der Waals surface area (Å²) in [5, 5.41) is 0. The van der Waals surface area contributed by atoms with E-state index in [0.717, 1.165) is 11.1 Å². The first-order chi connectivity index (χ1) is 15.3. The lowest BCUT2D eigenvalue weighted by Gasteiger charge is -2.33. The predicted octanol–water partition coefficient (Wildman–Crippen LogP) is 2.47. The van der Waals surface area contributed by atoms with Crippen molar-refractivity contribution in [3.8, 4) is 0 Å². The summed E-state index contributed by atoms with van der Waals surface area (Å²) in [6.45, 7) is 5.26. The molecule has 1 amide bonds. The number of hydrogen-bond donors (Lipinski definition) is 0. The van der Waals surface area contributed by atoms with E-state index >= 15 is 0 Å². The highest BCUT2D eigenvalue weighted by Gasteiger charge is 2.30. The van der Waals surface area contributed by atoms with Crippen molar-refractivity contribution in [1.29, 1.82) is 0 Å². The van der Waals surface area contributed by atoms with E-state index in [0.29, 0.717) is 25.2 Å². The van der Waals surface area contributed by atoms with E-state index in [4.69, 9.17) is 4.42 Å². The van der Waals surface area contributed by atoms with Crippen molar-refractivity contribution in [3.05, 3.63) is 70.2 Å². The van der Waals surface area contributed by atoms with Gasteiger partial charge < -0.3 is 9.32 Å². The maximum Gasteiger partial charge on any atom is 0.419 e. The summed E-state index contributed by atoms with van der Waals surface area (Å²) in [5.74, 6) is -0.658. The maximum absolute atomic E-state index is 13.1. The van der Waals surface area contributed by atoms with Crippen molar-refractivity contribution in [2.75, 3.05) is 26.2 Å². The van der Waals surface area contributed by atoms with Gasteiger partial charge in [-0.2, -0.15) is 4.31 Å². The summed E-state index contributed by atoms with van der Waals surface area (Å²) < 4.78 is 34.2. The number of benzene rings is 2. The Labute approximate surface area is 186 Å². The minimum absolute atomic E-state index is 0.0704. The first kappa shape index (κ1) is 22.0. The lowest BCUT2D eigenvalue weighted by atomic mass is 10.1. The summed E-state index contributed by atoms with van der Waals surface area (Å²) in [7, 11) is -3.77. The molecular formula is C23H25N3O5S. The van der Waals surface area contributed by atoms with Crippen LogP contribution >= 0.6 is 0 Å². The molecule has 0 spiro atoms. The zero-order valence-electron chi connectivity index (χ0n) is 18.0. The Balaban J connectivity index is 1.44. The number of fused-ring (bicyclic) bond motifs is 1. The van der Waals surface area contributed by atoms with Gasteiger partial charge in [0.15, 0.2) is 5.58 Å². The number of carbonyl (C=O) groups excluding carboxylic acids is 1. The molecule has 0 aliphatic carbocycles. The van der Waals surface area contributed by atoms with Crippen molar-refractivity contribution >= 4 is 33.1 Å². The van der Waals surface area contributed by atoms with Crippen molar-refractivity contribution < 1.29 is 17.6 Å². The van der Waals surface area contributed by atoms with Crippen molar-refractivity contribution in [1.82, 2.24) is 13.8 Å². The number of carbonyl (C=O) groups is 1. The number of nitrogens with zero attached hydrogens (tertiary/aromatic N) is 3. The molecule has 2 heterocycles. The SMILES string of the molecule is CCn1c(=O)oc2cc(S(=O)(=O)N3CCN(C(=O)C=Cc4ccc(C)cc4)CC3)ccc21. The van der Waals surface area contributed by atoms with E-state index in [1.165, 1.54) is 27.1 Å². The normalized spacial score (nSPS) is 15.6. The second kappa shape index (κ2) is 8.76. The number of rotatable bonds is 5. The minimum Gasteiger partial charge on any atom is -0.408 e. The van der Waals surface area contributed by atoms with E-state index in [-0.39, 0.29) is 29.5 Å². The molecule has 1 fully saturated rings. The molecule has 32 heavy (non-hydrogen) atoms. The van der Waals surface area contributed by atoms with Gasteiger partial charge in [-0.05, 0) is 37.6 Å². The number of oxazole rings is 1. The minimum atomic E-state index is -3.77. The maximum atomic E-state index is 13.1. The number of sulfonamides is 1. The highest BCUT2D eigenvalue weighted by atomic mass is 32.2. The molecular weight excluding hydrogens is 430 g/mol. The molecule has 0 atom stereocenters. The fourth-order valence-corrected chi connectivity index (χ4v) is 5.19. The second-order valence-corrected chi connectivity index (χ2v) is 9.65. The van der Waals surface area contributed by atoms with Crippen LogP contribution in [-0.4, -0.2) is 54.3 Å². The average molecular weight is 456 g/mol. The van der Waals surface area contributed by atoms with Crippen LogP contribution in [0.3, 0.4) is 0 Å². The Hall–Kier alpha value is -3.17. The Morgan fingerprint density at radius 3 is 2.41 bits per heavy atom. The van der Waals surface area contributed by atoms with Gasteiger partial charge >= 0.3 is 5.76 Å². The number of aryl methyl sites for hydroxylation is 2. The van der Waals surface area contributed by atoms with Crippen LogP contribution in [0.5, 0.6) is 0 Å². The van der Waals surface area contributed by atoms with Gasteiger partial charge in [0.2, 0.25) is 15.9 Å². The van der Waals surface area contributed by atoms with E-state index in [2.05, 4.69) is 0 Å². The van der Waals surface area contributed by atoms with Crippen molar-refractivity contribution in [2.24, 2.45) is 0 Å². The van der Waals surface area contributed by atoms with Crippen LogP contribution in [0.15, 0.2) is 62.6 Å². The van der Waals surface area contributed by atoms with Gasteiger partial charge in [-0.1, -0.05) is 29.8 Å². The highest BCUT2D eigenvalue weighted by molar-refractivity contribution is 7.89. The molecule has 9 heteroatoms. The quantitative estimate of drug-likeness (QED) is 0.551. The lowest BCUT2D eigenvalue weighted by molar-refractivity contribution is -0.127. The van der Waals surface area contributed by atoms with Gasteiger partial charge in [0.05, 0.1) is 10.4 Å². The van der Waals surface area contributed by atoms with Gasteiger partial charge in [0, 0.05) is 44.9 Å². The molecule has 0 radical (unpaired) electrons. The molecule has 8 nitrogen and oxygen atoms in total. The summed E-state index contributed by atoms with van der Waals surface area (Å²) in [6.07, 6.45) is 3.28. The molecule has 3 aromatic rings. The molecule has 1 aromatic heterocycles. The van der Waals surface area contributed by atoms with Crippen LogP contribution < -0.4 is 5.76 Å². The standard InChI is InChI=1S/C23H25N3O5S/c1-3-26-20-10-9-19(16-21(20)31-23(26)28)32(29,30)25-14-12-24(13-15-25)22(27)11-8-18-6-4-17(2)5-7-18/h4-11,16H,3,12-15H2,1-2H3. The summed E-state index contributed by atoms with van der Waals surface area (Å²) in [5.41, 5.74) is 2.89. The average Bonchev–Trinajstić information content (AvgIpc) is 3.12. The zero-order chi connectivity index (χ0) is 22.9. The van der Waals surface area contributed by atoms with Gasteiger partial charge in [-0.25, -0.2) is 13.2 Å². The fourth-order valence-electron chi connectivity index (χ4n) is 3.75. The molecule has 0 N–H and O–H groups in total. The lowest BCUT2D eigenvalue weighted by Crippen LogP contribution is -2.50. The fraction of sp³-hybridized carbons (Fsp3) is 0.304. The van der Waals surface area contributed by atoms with E-state index < -0.39 is 15.8 Å². The number of hydrogen-bond acceptors (Lipinski definition) is 5. The first-order valence-corrected chi connectivity index (χ1v) is 11.9. The predicted molar refractivity (Wildman–Crippen MR) is 122 cm³/mol. The van der Waals surface area contributed by atoms with Crippen LogP contribution in [0, 0.1) is 6.92 Å². The van der Waals surface area contributed by atoms with Crippen LogP contribution in [-0.2, 0) is 21.4 Å². The zero-order valence-corrected chi connectivity index (χ0v) is 18.8. The Bertz CT molecular complexity index is 1330. The van der Waals surface area contributed by atoms with Crippen molar-refractivity contribution in [3.63, 3.8) is 0 Å². The summed E-state index contributed by atoms with van der Waals surface area (Å²) >= 11 is 0. The van der Waals surface area contributed by atoms with Crippen LogP contribution in [0.4, 0.5) is 0 Å². The van der Waals surface area contributed by atoms with Crippen molar-refractivity contribution in [2.45, 2.75) is 25.3 Å². The molecule has 1 saturated heterocycles. The molecule has 1 aliphatic rings. The number of amides is 1. The molecule has 4 rings (SSSR count). The molecule has 168 valence electrons. The summed E-state index contributed by atoms with van der Waals surface area (Å²) in [4.78, 5) is 26.1. The Kier molecular flexibility index (Phi) is 6.03. The molecule has 0 unspecified atom stereocenters. The Morgan fingerprint density at radius 2 is 1.75 bits per heavy atom. The number of aromatic nitrogens is 1. The second-order valence-electron chi connectivity index (χ2n) is 7.72. The smallest absolute Gasteiger partial charge is 0.408 e. The molecule has 1 aliphatic heterocycles. The van der Waals surface area contributed by atoms with Crippen LogP contribution in [0.1, 0.15) is 18.1 Å². The largest absolute Gasteiger partial charge is 0.419 e. The number of piperazine rings is 1. The van der Waals surface area contributed by atoms with Crippen LogP contribution in [0.2, 0.25) is 0 Å². The monoisotopic (exact) mass is 455 g/mol. The van der Waals surface area contributed by atoms with E-state index in [1.807, 2.05) is 38.1 Å². The van der Waals surface area contributed by atoms with Crippen LogP contribution in [0.25, 0.3) is 17.2 Å². The van der Waals surface area contributed by atoms with Gasteiger partial charge in [0.1, 0.15) is 0 Å². The van der Waals surface area contributed by atoms with Gasteiger partial charge in [-0.3, -0.25) is 9.36 Å².